The van der Waals surface area contributed by atoms with Crippen LogP contribution >= 0.6 is 0 Å². The number of ether oxygens (including phenoxy) is 2. The van der Waals surface area contributed by atoms with E-state index in [1.807, 2.05) is 0 Å². The molecule has 0 unspecified atom stereocenters. The molecule has 6 heteroatoms. The molecule has 0 saturated heterocycles. The first-order valence-corrected chi connectivity index (χ1v) is 8.08. The molecule has 2 rings (SSSR count). The van der Waals surface area contributed by atoms with Crippen LogP contribution in [0.25, 0.3) is 0 Å². The second-order valence-corrected chi connectivity index (χ2v) is 6.48. The van der Waals surface area contributed by atoms with Gasteiger partial charge in [0.05, 0.1) is 25.2 Å². The Kier molecular flexibility index (Phi) is 5.55. The summed E-state index contributed by atoms with van der Waals surface area (Å²) in [7, 11) is 3.08. The molecule has 26 heavy (non-hydrogen) atoms. The second kappa shape index (κ2) is 7.47. The van der Waals surface area contributed by atoms with E-state index in [0.29, 0.717) is 22.7 Å². The number of rotatable bonds is 6. The van der Waals surface area contributed by atoms with E-state index in [-0.39, 0.29) is 11.5 Å². The van der Waals surface area contributed by atoms with Crippen molar-refractivity contribution < 1.29 is 24.2 Å². The predicted molar refractivity (Wildman–Crippen MR) is 99.3 cm³/mol. The number of aromatic carboxylic acids is 1. The molecular formula is C20H23NO5. The Morgan fingerprint density at radius 2 is 1.65 bits per heavy atom. The molecule has 0 heterocycles. The highest BCUT2D eigenvalue weighted by Crippen LogP contribution is 2.34. The Morgan fingerprint density at radius 3 is 2.23 bits per heavy atom. The summed E-state index contributed by atoms with van der Waals surface area (Å²) in [6, 6.07) is 10.1. The number of methoxy groups -OCH3 is 2. The zero-order valence-corrected chi connectivity index (χ0v) is 15.5. The largest absolute Gasteiger partial charge is 0.493 e. The van der Waals surface area contributed by atoms with Crippen LogP contribution in [0.5, 0.6) is 11.5 Å². The highest BCUT2D eigenvalue weighted by atomic mass is 16.5. The Morgan fingerprint density at radius 1 is 1.00 bits per heavy atom. The minimum Gasteiger partial charge on any atom is -0.493 e. The summed E-state index contributed by atoms with van der Waals surface area (Å²) in [5, 5.41) is 12.0. The predicted octanol–water partition coefficient (Wildman–Crippen LogP) is 3.63. The molecule has 2 N–H and O–H groups in total. The fourth-order valence-electron chi connectivity index (χ4n) is 2.57. The molecule has 2 aromatic carbocycles. The van der Waals surface area contributed by atoms with E-state index in [2.05, 4.69) is 5.32 Å². The topological polar surface area (TPSA) is 84.9 Å². The van der Waals surface area contributed by atoms with E-state index >= 15 is 0 Å². The third-order valence-electron chi connectivity index (χ3n) is 4.40. The summed E-state index contributed by atoms with van der Waals surface area (Å²) in [6.07, 6.45) is 0. The highest BCUT2D eigenvalue weighted by Gasteiger charge is 2.31. The first kappa shape index (κ1) is 19.3. The lowest BCUT2D eigenvalue weighted by atomic mass is 9.83. The van der Waals surface area contributed by atoms with E-state index in [9.17, 15) is 14.7 Å². The lowest BCUT2D eigenvalue weighted by Gasteiger charge is -2.25. The standard InChI is InChI=1S/C20H23NO5/c1-12-6-8-14(11-15(12)18(22)23)21-19(24)20(2,3)13-7-9-16(25-4)17(10-13)26-5/h6-11H,1-5H3,(H,21,24)(H,22,23). The van der Waals surface area contributed by atoms with Crippen LogP contribution in [0.15, 0.2) is 36.4 Å². The lowest BCUT2D eigenvalue weighted by Crippen LogP contribution is -2.34. The second-order valence-electron chi connectivity index (χ2n) is 6.48. The molecule has 0 radical (unpaired) electrons. The quantitative estimate of drug-likeness (QED) is 0.825. The number of anilines is 1. The molecule has 0 fully saturated rings. The van der Waals surface area contributed by atoms with Crippen molar-refractivity contribution in [2.45, 2.75) is 26.2 Å². The number of carboxylic acid groups (broad SMARTS) is 1. The maximum Gasteiger partial charge on any atom is 0.336 e. The Bertz CT molecular complexity index is 842. The smallest absolute Gasteiger partial charge is 0.336 e. The molecule has 0 spiro atoms. The van der Waals surface area contributed by atoms with Gasteiger partial charge in [-0.15, -0.1) is 0 Å². The maximum absolute atomic E-state index is 12.8. The first-order chi connectivity index (χ1) is 12.2. The SMILES string of the molecule is COc1ccc(C(C)(C)C(=O)Nc2ccc(C)c(C(=O)O)c2)cc1OC. The van der Waals surface area contributed by atoms with Gasteiger partial charge in [0.15, 0.2) is 11.5 Å². The minimum atomic E-state index is -1.03. The van der Waals surface area contributed by atoms with E-state index in [4.69, 9.17) is 9.47 Å². The number of hydrogen-bond donors (Lipinski definition) is 2. The van der Waals surface area contributed by atoms with Gasteiger partial charge in [-0.3, -0.25) is 4.79 Å². The molecule has 0 aliphatic heterocycles. The Balaban J connectivity index is 2.31. The average Bonchev–Trinajstić information content (AvgIpc) is 2.62. The third-order valence-corrected chi connectivity index (χ3v) is 4.40. The van der Waals surface area contributed by atoms with Gasteiger partial charge in [0.1, 0.15) is 0 Å². The van der Waals surface area contributed by atoms with Gasteiger partial charge in [-0.05, 0) is 56.2 Å². The van der Waals surface area contributed by atoms with Gasteiger partial charge in [-0.25, -0.2) is 4.79 Å². The Labute approximate surface area is 152 Å². The van der Waals surface area contributed by atoms with Crippen molar-refractivity contribution in [3.63, 3.8) is 0 Å². The molecule has 0 atom stereocenters. The lowest BCUT2D eigenvalue weighted by molar-refractivity contribution is -0.120. The monoisotopic (exact) mass is 357 g/mol. The molecule has 0 aromatic heterocycles. The van der Waals surface area contributed by atoms with Crippen molar-refractivity contribution >= 4 is 17.6 Å². The van der Waals surface area contributed by atoms with Gasteiger partial charge in [0, 0.05) is 5.69 Å². The fourth-order valence-corrected chi connectivity index (χ4v) is 2.57. The first-order valence-electron chi connectivity index (χ1n) is 8.08. The summed E-state index contributed by atoms with van der Waals surface area (Å²) in [4.78, 5) is 24.1. The van der Waals surface area contributed by atoms with E-state index in [1.165, 1.54) is 13.2 Å². The van der Waals surface area contributed by atoms with Gasteiger partial charge in [-0.2, -0.15) is 0 Å². The number of amides is 1. The molecule has 0 bridgehead atoms. The summed E-state index contributed by atoms with van der Waals surface area (Å²) in [6.45, 7) is 5.29. The maximum atomic E-state index is 12.8. The molecule has 2 aromatic rings. The van der Waals surface area contributed by atoms with Crippen LogP contribution in [0.2, 0.25) is 0 Å². The van der Waals surface area contributed by atoms with Crippen molar-refractivity contribution in [2.24, 2.45) is 0 Å². The number of carbonyl (C=O) groups is 2. The van der Waals surface area contributed by atoms with Crippen LogP contribution in [-0.2, 0) is 10.2 Å². The summed E-state index contributed by atoms with van der Waals surface area (Å²) < 4.78 is 10.5. The summed E-state index contributed by atoms with van der Waals surface area (Å²) in [5.41, 5.74) is 1.11. The molecule has 138 valence electrons. The van der Waals surface area contributed by atoms with E-state index in [0.717, 1.165) is 5.56 Å². The van der Waals surface area contributed by atoms with Gasteiger partial charge in [-0.1, -0.05) is 12.1 Å². The van der Waals surface area contributed by atoms with Crippen LogP contribution in [0.4, 0.5) is 5.69 Å². The molecule has 0 saturated carbocycles. The highest BCUT2D eigenvalue weighted by molar-refractivity contribution is 6.00. The fraction of sp³-hybridized carbons (Fsp3) is 0.300. The summed E-state index contributed by atoms with van der Waals surface area (Å²) >= 11 is 0. The number of carboxylic acids is 1. The van der Waals surface area contributed by atoms with Crippen LogP contribution in [-0.4, -0.2) is 31.2 Å². The van der Waals surface area contributed by atoms with Crippen molar-refractivity contribution in [2.75, 3.05) is 19.5 Å². The normalized spacial score (nSPS) is 11.0. The van der Waals surface area contributed by atoms with Crippen molar-refractivity contribution in [1.82, 2.24) is 0 Å². The number of hydrogen-bond acceptors (Lipinski definition) is 4. The number of carbonyl (C=O) groups excluding carboxylic acids is 1. The number of nitrogens with one attached hydrogen (secondary N) is 1. The number of aryl methyl sites for hydroxylation is 1. The molecule has 0 aliphatic carbocycles. The Hall–Kier alpha value is -3.02. The third kappa shape index (κ3) is 3.79. The van der Waals surface area contributed by atoms with E-state index in [1.54, 1.807) is 58.2 Å². The van der Waals surface area contributed by atoms with Crippen molar-refractivity contribution in [3.05, 3.63) is 53.1 Å². The van der Waals surface area contributed by atoms with Crippen LogP contribution in [0.1, 0.15) is 35.3 Å². The molecule has 1 amide bonds. The summed E-state index contributed by atoms with van der Waals surface area (Å²) in [5.74, 6) is -0.172. The van der Waals surface area contributed by atoms with Gasteiger partial charge in [0.2, 0.25) is 5.91 Å². The molecular weight excluding hydrogens is 334 g/mol. The van der Waals surface area contributed by atoms with E-state index < -0.39 is 11.4 Å². The van der Waals surface area contributed by atoms with Crippen LogP contribution in [0, 0.1) is 6.92 Å². The van der Waals surface area contributed by atoms with Gasteiger partial charge >= 0.3 is 5.97 Å². The average molecular weight is 357 g/mol. The molecule has 6 nitrogen and oxygen atoms in total. The minimum absolute atomic E-state index is 0.159. The van der Waals surface area contributed by atoms with Crippen molar-refractivity contribution in [1.29, 1.82) is 0 Å². The molecule has 0 aliphatic rings. The zero-order chi connectivity index (χ0) is 19.5. The zero-order valence-electron chi connectivity index (χ0n) is 15.5. The van der Waals surface area contributed by atoms with Gasteiger partial charge in [0.25, 0.3) is 0 Å². The van der Waals surface area contributed by atoms with Gasteiger partial charge < -0.3 is 19.9 Å². The van der Waals surface area contributed by atoms with Crippen molar-refractivity contribution in [3.8, 4) is 11.5 Å². The van der Waals surface area contributed by atoms with Crippen LogP contribution < -0.4 is 14.8 Å². The number of benzene rings is 2. The van der Waals surface area contributed by atoms with Crippen LogP contribution in [0.3, 0.4) is 0 Å².